The van der Waals surface area contributed by atoms with Crippen molar-refractivity contribution in [2.75, 3.05) is 13.2 Å². The van der Waals surface area contributed by atoms with Gasteiger partial charge in [0.1, 0.15) is 0 Å². The third-order valence-electron chi connectivity index (χ3n) is 3.83. The number of hydrogen-bond acceptors (Lipinski definition) is 2. The molecule has 74 valence electrons. The average Bonchev–Trinajstić information content (AvgIpc) is 2.58. The van der Waals surface area contributed by atoms with Gasteiger partial charge >= 0.3 is 0 Å². The first kappa shape index (κ1) is 8.45. The first-order chi connectivity index (χ1) is 6.84. The molecule has 1 unspecified atom stereocenters. The number of benzene rings is 1. The van der Waals surface area contributed by atoms with Gasteiger partial charge in [-0.1, -0.05) is 24.3 Å². The van der Waals surface area contributed by atoms with Crippen LogP contribution in [0.2, 0.25) is 0 Å². The van der Waals surface area contributed by atoms with Crippen LogP contribution in [0.15, 0.2) is 24.3 Å². The molecule has 0 aromatic heterocycles. The summed E-state index contributed by atoms with van der Waals surface area (Å²) < 4.78 is 0. The van der Waals surface area contributed by atoms with Crippen LogP contribution in [0.1, 0.15) is 11.1 Å². The molecule has 2 N–H and O–H groups in total. The van der Waals surface area contributed by atoms with Crippen molar-refractivity contribution in [3.05, 3.63) is 35.4 Å². The van der Waals surface area contributed by atoms with E-state index < -0.39 is 0 Å². The second-order valence-corrected chi connectivity index (χ2v) is 4.60. The predicted molar refractivity (Wildman–Crippen MR) is 55.2 cm³/mol. The minimum Gasteiger partial charge on any atom is -0.395 e. The Balaban J connectivity index is 1.91. The highest BCUT2D eigenvalue weighted by molar-refractivity contribution is 5.36. The number of rotatable bonds is 1. The number of fused-ring (bicyclic) bond motifs is 1. The summed E-state index contributed by atoms with van der Waals surface area (Å²) in [4.78, 5) is 0. The van der Waals surface area contributed by atoms with Crippen molar-refractivity contribution in [2.24, 2.45) is 5.41 Å². The Morgan fingerprint density at radius 1 is 1.29 bits per heavy atom. The molecule has 1 aromatic rings. The topological polar surface area (TPSA) is 32.3 Å². The number of hydrogen-bond donors (Lipinski definition) is 2. The predicted octanol–water partition coefficient (Wildman–Crippen LogP) is 0.736. The zero-order valence-corrected chi connectivity index (χ0v) is 8.16. The Labute approximate surface area is 84.0 Å². The van der Waals surface area contributed by atoms with Gasteiger partial charge in [0.2, 0.25) is 0 Å². The van der Waals surface area contributed by atoms with Crippen molar-refractivity contribution in [3.63, 3.8) is 0 Å². The van der Waals surface area contributed by atoms with Crippen LogP contribution in [0.5, 0.6) is 0 Å². The van der Waals surface area contributed by atoms with Gasteiger partial charge in [-0.2, -0.15) is 0 Å². The van der Waals surface area contributed by atoms with Crippen LogP contribution in [0, 0.1) is 5.41 Å². The molecule has 1 saturated heterocycles. The van der Waals surface area contributed by atoms with Gasteiger partial charge in [-0.25, -0.2) is 0 Å². The van der Waals surface area contributed by atoms with E-state index in [0.29, 0.717) is 11.5 Å². The second kappa shape index (κ2) is 2.81. The molecular weight excluding hydrogens is 174 g/mol. The molecule has 1 aromatic carbocycles. The fourth-order valence-electron chi connectivity index (χ4n) is 2.89. The van der Waals surface area contributed by atoms with E-state index in [2.05, 4.69) is 29.6 Å². The monoisotopic (exact) mass is 189 g/mol. The number of aliphatic hydroxyl groups is 1. The van der Waals surface area contributed by atoms with Gasteiger partial charge in [0.05, 0.1) is 6.61 Å². The third-order valence-corrected chi connectivity index (χ3v) is 3.83. The molecule has 1 fully saturated rings. The second-order valence-electron chi connectivity index (χ2n) is 4.60. The van der Waals surface area contributed by atoms with E-state index in [1.165, 1.54) is 11.1 Å². The summed E-state index contributed by atoms with van der Waals surface area (Å²) in [6.45, 7) is 1.33. The van der Waals surface area contributed by atoms with E-state index in [1.54, 1.807) is 0 Å². The van der Waals surface area contributed by atoms with Crippen molar-refractivity contribution >= 4 is 0 Å². The van der Waals surface area contributed by atoms with E-state index in [-0.39, 0.29) is 6.61 Å². The maximum atomic E-state index is 9.23. The molecule has 0 bridgehead atoms. The van der Waals surface area contributed by atoms with Crippen LogP contribution >= 0.6 is 0 Å². The highest BCUT2D eigenvalue weighted by Crippen LogP contribution is 2.43. The Morgan fingerprint density at radius 2 is 1.93 bits per heavy atom. The van der Waals surface area contributed by atoms with Crippen molar-refractivity contribution in [1.29, 1.82) is 0 Å². The van der Waals surface area contributed by atoms with Crippen LogP contribution in [-0.4, -0.2) is 24.3 Å². The Hall–Kier alpha value is -0.860. The molecule has 1 heterocycles. The first-order valence-corrected chi connectivity index (χ1v) is 5.25. The minimum atomic E-state index is 0.272. The van der Waals surface area contributed by atoms with E-state index in [4.69, 9.17) is 0 Å². The first-order valence-electron chi connectivity index (χ1n) is 5.25. The maximum absolute atomic E-state index is 9.23. The van der Waals surface area contributed by atoms with Gasteiger partial charge in [0.25, 0.3) is 0 Å². The highest BCUT2D eigenvalue weighted by Gasteiger charge is 2.49. The molecule has 2 aliphatic rings. The molecule has 1 spiro atoms. The van der Waals surface area contributed by atoms with Crippen LogP contribution < -0.4 is 5.32 Å². The lowest BCUT2D eigenvalue weighted by Gasteiger charge is -2.47. The van der Waals surface area contributed by atoms with Gasteiger partial charge in [0, 0.05) is 18.0 Å². The average molecular weight is 189 g/mol. The molecule has 0 amide bonds. The standard InChI is InChI=1S/C12H15NO/c14-7-11-12(8-13-11)5-9-3-1-2-4-10(9)6-12/h1-4,11,13-14H,5-8H2. The molecule has 0 radical (unpaired) electrons. The normalized spacial score (nSPS) is 27.4. The van der Waals surface area contributed by atoms with E-state index in [9.17, 15) is 5.11 Å². The van der Waals surface area contributed by atoms with E-state index >= 15 is 0 Å². The van der Waals surface area contributed by atoms with Crippen LogP contribution in [0.4, 0.5) is 0 Å². The SMILES string of the molecule is OCC1NCC12Cc1ccccc1C2. The van der Waals surface area contributed by atoms with Gasteiger partial charge in [-0.15, -0.1) is 0 Å². The maximum Gasteiger partial charge on any atom is 0.0590 e. The number of nitrogens with one attached hydrogen (secondary N) is 1. The zero-order chi connectivity index (χ0) is 9.60. The van der Waals surface area contributed by atoms with Crippen molar-refractivity contribution < 1.29 is 5.11 Å². The molecule has 3 rings (SSSR count). The number of aliphatic hydroxyl groups excluding tert-OH is 1. The molecule has 1 aliphatic carbocycles. The molecule has 14 heavy (non-hydrogen) atoms. The fourth-order valence-corrected chi connectivity index (χ4v) is 2.89. The van der Waals surface area contributed by atoms with E-state index in [1.807, 2.05) is 0 Å². The van der Waals surface area contributed by atoms with Crippen LogP contribution in [0.3, 0.4) is 0 Å². The highest BCUT2D eigenvalue weighted by atomic mass is 16.3. The van der Waals surface area contributed by atoms with Crippen molar-refractivity contribution in [2.45, 2.75) is 18.9 Å². The largest absolute Gasteiger partial charge is 0.395 e. The molecule has 0 saturated carbocycles. The zero-order valence-electron chi connectivity index (χ0n) is 8.16. The van der Waals surface area contributed by atoms with Gasteiger partial charge in [-0.05, 0) is 24.0 Å². The summed E-state index contributed by atoms with van der Waals surface area (Å²) >= 11 is 0. The lowest BCUT2D eigenvalue weighted by molar-refractivity contribution is 0.0455. The third kappa shape index (κ3) is 0.983. The van der Waals surface area contributed by atoms with Crippen molar-refractivity contribution in [3.8, 4) is 0 Å². The smallest absolute Gasteiger partial charge is 0.0590 e. The molecule has 1 atom stereocenters. The van der Waals surface area contributed by atoms with Gasteiger partial charge < -0.3 is 10.4 Å². The summed E-state index contributed by atoms with van der Waals surface area (Å²) in [5.41, 5.74) is 3.29. The summed E-state index contributed by atoms with van der Waals surface area (Å²) in [7, 11) is 0. The summed E-state index contributed by atoms with van der Waals surface area (Å²) in [6, 6.07) is 8.97. The summed E-state index contributed by atoms with van der Waals surface area (Å²) in [6.07, 6.45) is 2.28. The molecular formula is C12H15NO. The quantitative estimate of drug-likeness (QED) is 0.683. The van der Waals surface area contributed by atoms with Crippen LogP contribution in [0.25, 0.3) is 0 Å². The Bertz CT molecular complexity index is 334. The van der Waals surface area contributed by atoms with Crippen molar-refractivity contribution in [1.82, 2.24) is 5.32 Å². The molecule has 2 heteroatoms. The summed E-state index contributed by atoms with van der Waals surface area (Å²) in [5, 5.41) is 12.5. The molecule has 1 aliphatic heterocycles. The lowest BCUT2D eigenvalue weighted by atomic mass is 9.71. The van der Waals surface area contributed by atoms with Gasteiger partial charge in [-0.3, -0.25) is 0 Å². The van der Waals surface area contributed by atoms with Gasteiger partial charge in [0.15, 0.2) is 0 Å². The minimum absolute atomic E-state index is 0.272. The lowest BCUT2D eigenvalue weighted by Crippen LogP contribution is -2.64. The van der Waals surface area contributed by atoms with E-state index in [0.717, 1.165) is 19.4 Å². The van der Waals surface area contributed by atoms with Crippen LogP contribution in [-0.2, 0) is 12.8 Å². The summed E-state index contributed by atoms with van der Waals surface area (Å²) in [5.74, 6) is 0. The fraction of sp³-hybridized carbons (Fsp3) is 0.500. The Morgan fingerprint density at radius 3 is 2.36 bits per heavy atom. The Kier molecular flexibility index (Phi) is 1.70. The molecule has 2 nitrogen and oxygen atoms in total.